The maximum absolute atomic E-state index is 13.5. The molecule has 0 saturated carbocycles. The number of aliphatic hydroxyl groups is 2. The van der Waals surface area contributed by atoms with E-state index in [-0.39, 0.29) is 26.3 Å². The van der Waals surface area contributed by atoms with Gasteiger partial charge in [0.2, 0.25) is 0 Å². The molecule has 7 heteroatoms. The number of rotatable bonds is 29. The molecule has 0 aliphatic carbocycles. The molecule has 0 spiro atoms. The largest absolute Gasteiger partial charge is 0.408 e. The SMILES string of the molecule is CCCCCCCCCCCCOP(=O)(OCCCCCCCCCCCC)N(CCO)CCO. The van der Waals surface area contributed by atoms with E-state index in [0.717, 1.165) is 25.7 Å². The molecule has 0 radical (unpaired) electrons. The van der Waals surface area contributed by atoms with Gasteiger partial charge in [0.25, 0.3) is 0 Å². The third kappa shape index (κ3) is 21.8. The Kier molecular flexibility index (Phi) is 27.1. The highest BCUT2D eigenvalue weighted by atomic mass is 31.2. The Morgan fingerprint density at radius 3 is 1.09 bits per heavy atom. The van der Waals surface area contributed by atoms with Crippen LogP contribution in [0.5, 0.6) is 0 Å². The van der Waals surface area contributed by atoms with Gasteiger partial charge in [0.05, 0.1) is 26.4 Å². The van der Waals surface area contributed by atoms with E-state index in [1.807, 2.05) is 0 Å². The maximum atomic E-state index is 13.5. The van der Waals surface area contributed by atoms with Crippen molar-refractivity contribution in [1.29, 1.82) is 0 Å². The van der Waals surface area contributed by atoms with Crippen LogP contribution < -0.4 is 0 Å². The number of unbranched alkanes of at least 4 members (excludes halogenated alkanes) is 18. The van der Waals surface area contributed by atoms with Crippen molar-refractivity contribution in [1.82, 2.24) is 4.67 Å². The molecule has 0 aromatic rings. The predicted octanol–water partition coefficient (Wildman–Crippen LogP) is 8.26. The number of nitrogens with zero attached hydrogens (tertiary/aromatic N) is 1. The Labute approximate surface area is 218 Å². The molecule has 0 aromatic carbocycles. The molecule has 0 unspecified atom stereocenters. The van der Waals surface area contributed by atoms with Crippen LogP contribution in [0.1, 0.15) is 142 Å². The standard InChI is InChI=1S/C28H60NO5P/c1-3-5-7-9-11-13-15-17-19-21-27-33-35(32,29(23-25-30)24-26-31)34-28-22-20-18-16-14-12-10-8-6-4-2/h30-31H,3-28H2,1-2H3. The topological polar surface area (TPSA) is 79.2 Å². The van der Waals surface area contributed by atoms with Gasteiger partial charge in [-0.2, -0.15) is 0 Å². The average molecular weight is 522 g/mol. The van der Waals surface area contributed by atoms with Crippen LogP contribution >= 0.6 is 7.75 Å². The van der Waals surface area contributed by atoms with Crippen LogP contribution in [-0.2, 0) is 13.6 Å². The predicted molar refractivity (Wildman–Crippen MR) is 149 cm³/mol. The minimum atomic E-state index is -3.50. The van der Waals surface area contributed by atoms with Crippen LogP contribution in [0.4, 0.5) is 0 Å². The number of hydrogen-bond acceptors (Lipinski definition) is 5. The summed E-state index contributed by atoms with van der Waals surface area (Å²) in [6.45, 7) is 5.33. The van der Waals surface area contributed by atoms with Gasteiger partial charge >= 0.3 is 7.75 Å². The molecule has 0 saturated heterocycles. The molecule has 0 amide bonds. The van der Waals surface area contributed by atoms with Crippen LogP contribution in [-0.4, -0.2) is 54.4 Å². The Hall–Kier alpha value is 0.0300. The molecule has 212 valence electrons. The Morgan fingerprint density at radius 2 is 0.800 bits per heavy atom. The van der Waals surface area contributed by atoms with Crippen molar-refractivity contribution in [2.75, 3.05) is 39.5 Å². The highest BCUT2D eigenvalue weighted by molar-refractivity contribution is 7.51. The summed E-state index contributed by atoms with van der Waals surface area (Å²) in [5, 5.41) is 18.8. The van der Waals surface area contributed by atoms with Gasteiger partial charge in [0.15, 0.2) is 0 Å². The van der Waals surface area contributed by atoms with Crippen molar-refractivity contribution >= 4 is 7.75 Å². The Morgan fingerprint density at radius 1 is 0.514 bits per heavy atom. The quantitative estimate of drug-likeness (QED) is 0.0762. The zero-order valence-corrected chi connectivity index (χ0v) is 24.3. The van der Waals surface area contributed by atoms with Gasteiger partial charge in [-0.05, 0) is 12.8 Å². The van der Waals surface area contributed by atoms with Crippen LogP contribution in [0.3, 0.4) is 0 Å². The molecular formula is C28H60NO5P. The number of aliphatic hydroxyl groups excluding tert-OH is 2. The van der Waals surface area contributed by atoms with Gasteiger partial charge in [-0.25, -0.2) is 9.24 Å². The minimum absolute atomic E-state index is 0.146. The van der Waals surface area contributed by atoms with Gasteiger partial charge in [-0.3, -0.25) is 9.05 Å². The van der Waals surface area contributed by atoms with E-state index in [1.165, 1.54) is 107 Å². The summed E-state index contributed by atoms with van der Waals surface area (Å²) in [6, 6.07) is 0. The first kappa shape index (κ1) is 35.0. The maximum Gasteiger partial charge on any atom is 0.408 e. The lowest BCUT2D eigenvalue weighted by atomic mass is 10.1. The van der Waals surface area contributed by atoms with Gasteiger partial charge < -0.3 is 10.2 Å². The molecule has 0 heterocycles. The molecular weight excluding hydrogens is 461 g/mol. The summed E-state index contributed by atoms with van der Waals surface area (Å²) >= 11 is 0. The fraction of sp³-hybridized carbons (Fsp3) is 1.00. The van der Waals surface area contributed by atoms with Crippen molar-refractivity contribution in [2.24, 2.45) is 0 Å². The molecule has 0 rings (SSSR count). The van der Waals surface area contributed by atoms with E-state index in [4.69, 9.17) is 9.05 Å². The molecule has 0 fully saturated rings. The van der Waals surface area contributed by atoms with Crippen molar-refractivity contribution in [3.8, 4) is 0 Å². The molecule has 0 aliphatic rings. The van der Waals surface area contributed by atoms with Crippen LogP contribution in [0, 0.1) is 0 Å². The van der Waals surface area contributed by atoms with Crippen molar-refractivity contribution < 1.29 is 23.8 Å². The average Bonchev–Trinajstić information content (AvgIpc) is 2.85. The van der Waals surface area contributed by atoms with E-state index in [9.17, 15) is 14.8 Å². The first-order chi connectivity index (χ1) is 17.1. The van der Waals surface area contributed by atoms with Crippen LogP contribution in [0.25, 0.3) is 0 Å². The zero-order chi connectivity index (χ0) is 25.9. The van der Waals surface area contributed by atoms with E-state index < -0.39 is 7.75 Å². The van der Waals surface area contributed by atoms with Crippen molar-refractivity contribution in [3.63, 3.8) is 0 Å². The summed E-state index contributed by atoms with van der Waals surface area (Å²) in [7, 11) is -3.50. The second kappa shape index (κ2) is 27.1. The van der Waals surface area contributed by atoms with Gasteiger partial charge in [0.1, 0.15) is 0 Å². The lowest BCUT2D eigenvalue weighted by Crippen LogP contribution is -2.29. The van der Waals surface area contributed by atoms with Gasteiger partial charge in [-0.15, -0.1) is 0 Å². The summed E-state index contributed by atoms with van der Waals surface area (Å²) in [6.07, 6.45) is 24.6. The first-order valence-electron chi connectivity index (χ1n) is 15.0. The fourth-order valence-corrected chi connectivity index (χ4v) is 6.12. The van der Waals surface area contributed by atoms with Crippen molar-refractivity contribution in [2.45, 2.75) is 142 Å². The van der Waals surface area contributed by atoms with Gasteiger partial charge in [0, 0.05) is 13.1 Å². The molecule has 2 N–H and O–H groups in total. The molecule has 0 atom stereocenters. The van der Waals surface area contributed by atoms with E-state index in [0.29, 0.717) is 13.2 Å². The lowest BCUT2D eigenvalue weighted by Gasteiger charge is -2.29. The molecule has 6 nitrogen and oxygen atoms in total. The fourth-order valence-electron chi connectivity index (χ4n) is 4.33. The monoisotopic (exact) mass is 521 g/mol. The first-order valence-corrected chi connectivity index (χ1v) is 16.5. The lowest BCUT2D eigenvalue weighted by molar-refractivity contribution is 0.129. The summed E-state index contributed by atoms with van der Waals surface area (Å²) in [5.41, 5.74) is 0. The third-order valence-corrected chi connectivity index (χ3v) is 8.68. The molecule has 0 bridgehead atoms. The molecule has 0 aliphatic heterocycles. The minimum Gasteiger partial charge on any atom is -0.395 e. The van der Waals surface area contributed by atoms with Gasteiger partial charge in [-0.1, -0.05) is 129 Å². The van der Waals surface area contributed by atoms with E-state index in [2.05, 4.69) is 13.8 Å². The van der Waals surface area contributed by atoms with E-state index >= 15 is 0 Å². The molecule has 0 aromatic heterocycles. The molecule has 35 heavy (non-hydrogen) atoms. The summed E-state index contributed by atoms with van der Waals surface area (Å²) in [5.74, 6) is 0. The highest BCUT2D eigenvalue weighted by Gasteiger charge is 2.32. The smallest absolute Gasteiger partial charge is 0.395 e. The zero-order valence-electron chi connectivity index (χ0n) is 23.4. The number of hydrogen-bond donors (Lipinski definition) is 2. The Bertz CT molecular complexity index is 431. The summed E-state index contributed by atoms with van der Waals surface area (Å²) < 4.78 is 26.6. The third-order valence-electron chi connectivity index (χ3n) is 6.57. The van der Waals surface area contributed by atoms with E-state index in [1.54, 1.807) is 0 Å². The van der Waals surface area contributed by atoms with Crippen LogP contribution in [0.15, 0.2) is 0 Å². The Balaban J connectivity index is 4.14. The second-order valence-electron chi connectivity index (χ2n) is 9.90. The second-order valence-corrected chi connectivity index (χ2v) is 11.9. The van der Waals surface area contributed by atoms with Crippen LogP contribution in [0.2, 0.25) is 0 Å². The summed E-state index contributed by atoms with van der Waals surface area (Å²) in [4.78, 5) is 0. The normalized spacial score (nSPS) is 12.1. The van der Waals surface area contributed by atoms with Crippen molar-refractivity contribution in [3.05, 3.63) is 0 Å². The highest BCUT2D eigenvalue weighted by Crippen LogP contribution is 2.52.